The standard InChI is InChI=1S/C16H14N2O4/c17-12-8-7-10(13(14(12)18)16(21)22)6-5-9-3-1-2-4-11(9)15(19)20/h1-8H,17-18H2,(H,19,20)(H,21,22). The molecule has 0 radical (unpaired) electrons. The molecule has 0 aromatic heterocycles. The Labute approximate surface area is 126 Å². The summed E-state index contributed by atoms with van der Waals surface area (Å²) in [5.41, 5.74) is 12.3. The largest absolute Gasteiger partial charge is 0.478 e. The lowest BCUT2D eigenvalue weighted by Crippen LogP contribution is -2.07. The quantitative estimate of drug-likeness (QED) is 0.507. The molecule has 0 aliphatic rings. The molecule has 2 rings (SSSR count). The van der Waals surface area contributed by atoms with Crippen LogP contribution in [0.15, 0.2) is 36.4 Å². The fourth-order valence-electron chi connectivity index (χ4n) is 2.05. The van der Waals surface area contributed by atoms with Crippen LogP contribution in [0.1, 0.15) is 31.8 Å². The van der Waals surface area contributed by atoms with Crippen molar-refractivity contribution in [1.29, 1.82) is 0 Å². The zero-order valence-electron chi connectivity index (χ0n) is 11.5. The highest BCUT2D eigenvalue weighted by Crippen LogP contribution is 2.26. The van der Waals surface area contributed by atoms with E-state index in [0.29, 0.717) is 11.1 Å². The summed E-state index contributed by atoms with van der Waals surface area (Å²) in [5.74, 6) is -2.26. The van der Waals surface area contributed by atoms with Gasteiger partial charge < -0.3 is 21.7 Å². The number of carboxylic acids is 2. The average Bonchev–Trinajstić information content (AvgIpc) is 2.48. The molecule has 0 aliphatic carbocycles. The Hall–Kier alpha value is -3.28. The highest BCUT2D eigenvalue weighted by atomic mass is 16.4. The lowest BCUT2D eigenvalue weighted by Gasteiger charge is -2.08. The van der Waals surface area contributed by atoms with Crippen molar-refractivity contribution in [1.82, 2.24) is 0 Å². The number of rotatable bonds is 4. The fraction of sp³-hybridized carbons (Fsp3) is 0. The third-order valence-electron chi connectivity index (χ3n) is 3.16. The van der Waals surface area contributed by atoms with Gasteiger partial charge >= 0.3 is 11.9 Å². The molecule has 0 heterocycles. The number of benzene rings is 2. The minimum Gasteiger partial charge on any atom is -0.478 e. The maximum atomic E-state index is 11.3. The van der Waals surface area contributed by atoms with Crippen molar-refractivity contribution in [3.8, 4) is 0 Å². The summed E-state index contributed by atoms with van der Waals surface area (Å²) in [7, 11) is 0. The summed E-state index contributed by atoms with van der Waals surface area (Å²) in [5, 5.41) is 18.4. The van der Waals surface area contributed by atoms with Crippen LogP contribution in [0, 0.1) is 0 Å². The molecule has 0 atom stereocenters. The van der Waals surface area contributed by atoms with Crippen LogP contribution < -0.4 is 11.5 Å². The van der Waals surface area contributed by atoms with Crippen LogP contribution >= 0.6 is 0 Å². The molecular formula is C16H14N2O4. The Balaban J connectivity index is 2.50. The summed E-state index contributed by atoms with van der Waals surface area (Å²) in [6.07, 6.45) is 3.03. The number of carboxylic acid groups (broad SMARTS) is 2. The average molecular weight is 298 g/mol. The molecule has 0 fully saturated rings. The topological polar surface area (TPSA) is 127 Å². The summed E-state index contributed by atoms with van der Waals surface area (Å²) in [6.45, 7) is 0. The highest BCUT2D eigenvalue weighted by molar-refractivity contribution is 6.02. The summed E-state index contributed by atoms with van der Waals surface area (Å²) < 4.78 is 0. The van der Waals surface area contributed by atoms with E-state index in [1.807, 2.05) is 0 Å². The number of nitrogen functional groups attached to an aromatic ring is 2. The molecule has 2 aromatic carbocycles. The lowest BCUT2D eigenvalue weighted by atomic mass is 10.0. The Morgan fingerprint density at radius 1 is 0.864 bits per heavy atom. The minimum absolute atomic E-state index is 0.0128. The number of nitrogens with two attached hydrogens (primary N) is 2. The predicted molar refractivity (Wildman–Crippen MR) is 84.6 cm³/mol. The van der Waals surface area contributed by atoms with Crippen LogP contribution in [-0.2, 0) is 0 Å². The molecule has 0 bridgehead atoms. The van der Waals surface area contributed by atoms with E-state index in [9.17, 15) is 14.7 Å². The van der Waals surface area contributed by atoms with E-state index in [2.05, 4.69) is 0 Å². The van der Waals surface area contributed by atoms with E-state index < -0.39 is 11.9 Å². The Kier molecular flexibility index (Phi) is 4.13. The maximum Gasteiger partial charge on any atom is 0.338 e. The molecule has 0 spiro atoms. The lowest BCUT2D eigenvalue weighted by molar-refractivity contribution is 0.0686. The van der Waals surface area contributed by atoms with Gasteiger partial charge in [-0.3, -0.25) is 0 Å². The monoisotopic (exact) mass is 298 g/mol. The van der Waals surface area contributed by atoms with Gasteiger partial charge in [-0.15, -0.1) is 0 Å². The molecule has 6 nitrogen and oxygen atoms in total. The van der Waals surface area contributed by atoms with E-state index in [1.54, 1.807) is 18.2 Å². The first kappa shape index (κ1) is 15.1. The van der Waals surface area contributed by atoms with Gasteiger partial charge in [0.25, 0.3) is 0 Å². The third kappa shape index (κ3) is 2.90. The van der Waals surface area contributed by atoms with Gasteiger partial charge in [-0.25, -0.2) is 9.59 Å². The van der Waals surface area contributed by atoms with Gasteiger partial charge in [0.1, 0.15) is 0 Å². The van der Waals surface area contributed by atoms with Crippen LogP contribution in [0.5, 0.6) is 0 Å². The Morgan fingerprint density at radius 2 is 1.50 bits per heavy atom. The number of hydrogen-bond acceptors (Lipinski definition) is 4. The second kappa shape index (κ2) is 6.01. The third-order valence-corrected chi connectivity index (χ3v) is 3.16. The van der Waals surface area contributed by atoms with Gasteiger partial charge in [0, 0.05) is 0 Å². The normalized spacial score (nSPS) is 10.7. The molecule has 6 heteroatoms. The van der Waals surface area contributed by atoms with E-state index in [1.165, 1.54) is 30.4 Å². The van der Waals surface area contributed by atoms with Gasteiger partial charge in [0.2, 0.25) is 0 Å². The van der Waals surface area contributed by atoms with Gasteiger partial charge in [0.05, 0.1) is 22.5 Å². The number of anilines is 2. The molecule has 112 valence electrons. The molecule has 22 heavy (non-hydrogen) atoms. The van der Waals surface area contributed by atoms with Crippen LogP contribution in [0.3, 0.4) is 0 Å². The second-order valence-electron chi connectivity index (χ2n) is 4.56. The second-order valence-corrected chi connectivity index (χ2v) is 4.56. The van der Waals surface area contributed by atoms with Crippen molar-refractivity contribution in [2.24, 2.45) is 0 Å². The predicted octanol–water partition coefficient (Wildman–Crippen LogP) is 2.42. The maximum absolute atomic E-state index is 11.3. The van der Waals surface area contributed by atoms with Crippen molar-refractivity contribution in [2.75, 3.05) is 11.5 Å². The first-order chi connectivity index (χ1) is 10.4. The Bertz CT molecular complexity index is 782. The molecule has 2 aromatic rings. The molecule has 0 unspecified atom stereocenters. The van der Waals surface area contributed by atoms with E-state index >= 15 is 0 Å². The Morgan fingerprint density at radius 3 is 2.14 bits per heavy atom. The van der Waals surface area contributed by atoms with E-state index in [-0.39, 0.29) is 22.5 Å². The number of aromatic carboxylic acids is 2. The molecule has 0 aliphatic heterocycles. The smallest absolute Gasteiger partial charge is 0.338 e. The van der Waals surface area contributed by atoms with Gasteiger partial charge in [-0.2, -0.15) is 0 Å². The summed E-state index contributed by atoms with van der Waals surface area (Å²) >= 11 is 0. The van der Waals surface area contributed by atoms with Gasteiger partial charge in [-0.05, 0) is 23.3 Å². The van der Waals surface area contributed by atoms with Crippen LogP contribution in [0.25, 0.3) is 12.2 Å². The molecular weight excluding hydrogens is 284 g/mol. The van der Waals surface area contributed by atoms with Crippen LogP contribution in [0.4, 0.5) is 11.4 Å². The van der Waals surface area contributed by atoms with Gasteiger partial charge in [0.15, 0.2) is 0 Å². The zero-order valence-corrected chi connectivity index (χ0v) is 11.5. The minimum atomic E-state index is -1.20. The van der Waals surface area contributed by atoms with Crippen LogP contribution in [-0.4, -0.2) is 22.2 Å². The highest BCUT2D eigenvalue weighted by Gasteiger charge is 2.14. The zero-order chi connectivity index (χ0) is 16.3. The van der Waals surface area contributed by atoms with Crippen LogP contribution in [0.2, 0.25) is 0 Å². The SMILES string of the molecule is Nc1ccc(C=Cc2ccccc2C(=O)O)c(C(=O)O)c1N. The summed E-state index contributed by atoms with van der Waals surface area (Å²) in [6, 6.07) is 9.43. The van der Waals surface area contributed by atoms with Crippen molar-refractivity contribution in [2.45, 2.75) is 0 Å². The number of hydrogen-bond donors (Lipinski definition) is 4. The van der Waals surface area contributed by atoms with E-state index in [4.69, 9.17) is 16.6 Å². The molecule has 0 saturated heterocycles. The molecule has 0 amide bonds. The first-order valence-electron chi connectivity index (χ1n) is 6.33. The van der Waals surface area contributed by atoms with Crippen molar-refractivity contribution >= 4 is 35.5 Å². The molecule has 0 saturated carbocycles. The van der Waals surface area contributed by atoms with Crippen molar-refractivity contribution < 1.29 is 19.8 Å². The number of carbonyl (C=O) groups is 2. The summed E-state index contributed by atoms with van der Waals surface area (Å²) in [4.78, 5) is 22.5. The van der Waals surface area contributed by atoms with Crippen molar-refractivity contribution in [3.63, 3.8) is 0 Å². The van der Waals surface area contributed by atoms with E-state index in [0.717, 1.165) is 0 Å². The molecule has 6 N–H and O–H groups in total. The fourth-order valence-corrected chi connectivity index (χ4v) is 2.05. The van der Waals surface area contributed by atoms with Crippen molar-refractivity contribution in [3.05, 3.63) is 58.7 Å². The van der Waals surface area contributed by atoms with Gasteiger partial charge in [-0.1, -0.05) is 36.4 Å². The first-order valence-corrected chi connectivity index (χ1v) is 6.33.